The summed E-state index contributed by atoms with van der Waals surface area (Å²) in [6, 6.07) is 5.09. The van der Waals surface area contributed by atoms with Crippen LogP contribution in [0.3, 0.4) is 0 Å². The highest BCUT2D eigenvalue weighted by Crippen LogP contribution is 2.28. The van der Waals surface area contributed by atoms with Crippen molar-refractivity contribution in [3.8, 4) is 11.5 Å². The number of hydrogen-bond acceptors (Lipinski definition) is 4. The van der Waals surface area contributed by atoms with E-state index in [1.807, 2.05) is 6.07 Å². The molecule has 0 spiro atoms. The monoisotopic (exact) mass is 264 g/mol. The van der Waals surface area contributed by atoms with Gasteiger partial charge in [0.2, 0.25) is 0 Å². The van der Waals surface area contributed by atoms with Gasteiger partial charge < -0.3 is 20.4 Å². The Balaban J connectivity index is 1.74. The van der Waals surface area contributed by atoms with Gasteiger partial charge in [-0.25, -0.2) is 0 Å². The van der Waals surface area contributed by atoms with Gasteiger partial charge >= 0.3 is 0 Å². The van der Waals surface area contributed by atoms with Crippen LogP contribution in [0.5, 0.6) is 11.5 Å². The van der Waals surface area contributed by atoms with Gasteiger partial charge in [-0.15, -0.1) is 0 Å². The smallest absolute Gasteiger partial charge is 0.161 e. The van der Waals surface area contributed by atoms with E-state index in [0.29, 0.717) is 6.54 Å². The van der Waals surface area contributed by atoms with Gasteiger partial charge in [-0.1, -0.05) is 19.1 Å². The fourth-order valence-corrected chi connectivity index (χ4v) is 2.64. The van der Waals surface area contributed by atoms with Gasteiger partial charge in [-0.05, 0) is 51.0 Å². The maximum absolute atomic E-state index is 9.70. The number of piperidine rings is 1. The molecule has 1 aliphatic heterocycles. The molecule has 1 aromatic carbocycles. The topological polar surface area (TPSA) is 55.7 Å². The fraction of sp³-hybridized carbons (Fsp3) is 0.600. The van der Waals surface area contributed by atoms with Crippen LogP contribution in [0, 0.1) is 5.92 Å². The molecular weight excluding hydrogens is 240 g/mol. The van der Waals surface area contributed by atoms with Crippen LogP contribution in [0.2, 0.25) is 0 Å². The second-order valence-corrected chi connectivity index (χ2v) is 5.29. The Morgan fingerprint density at radius 1 is 1.26 bits per heavy atom. The fourth-order valence-electron chi connectivity index (χ4n) is 2.64. The predicted molar refractivity (Wildman–Crippen MR) is 76.3 cm³/mol. The van der Waals surface area contributed by atoms with Crippen molar-refractivity contribution in [1.82, 2.24) is 10.2 Å². The minimum Gasteiger partial charge on any atom is -0.504 e. The number of nitrogens with zero attached hydrogens (tertiary/aromatic N) is 1. The molecule has 0 bridgehead atoms. The van der Waals surface area contributed by atoms with E-state index in [1.165, 1.54) is 32.0 Å². The Labute approximate surface area is 115 Å². The third kappa shape index (κ3) is 3.85. The lowest BCUT2D eigenvalue weighted by Crippen LogP contribution is -2.36. The molecule has 0 radical (unpaired) electrons. The molecule has 106 valence electrons. The minimum atomic E-state index is -0.0458. The highest BCUT2D eigenvalue weighted by atomic mass is 16.3. The van der Waals surface area contributed by atoms with Crippen molar-refractivity contribution in [3.05, 3.63) is 23.8 Å². The Morgan fingerprint density at radius 2 is 2.00 bits per heavy atom. The predicted octanol–water partition coefficient (Wildman–Crippen LogP) is 1.92. The number of hydrogen-bond donors (Lipinski definition) is 3. The normalized spacial score (nSPS) is 17.7. The van der Waals surface area contributed by atoms with Crippen molar-refractivity contribution in [2.24, 2.45) is 5.92 Å². The van der Waals surface area contributed by atoms with Gasteiger partial charge in [0.25, 0.3) is 0 Å². The van der Waals surface area contributed by atoms with Crippen molar-refractivity contribution in [2.45, 2.75) is 26.3 Å². The highest BCUT2D eigenvalue weighted by molar-refractivity contribution is 5.44. The molecule has 0 unspecified atom stereocenters. The van der Waals surface area contributed by atoms with Gasteiger partial charge in [0.1, 0.15) is 0 Å². The van der Waals surface area contributed by atoms with Gasteiger partial charge in [0, 0.05) is 12.1 Å². The average Bonchev–Trinajstić information content (AvgIpc) is 2.44. The number of phenolic OH excluding ortho intramolecular Hbond substituents is 2. The van der Waals surface area contributed by atoms with Crippen molar-refractivity contribution in [2.75, 3.05) is 26.2 Å². The number of phenols is 2. The first-order valence-corrected chi connectivity index (χ1v) is 7.13. The van der Waals surface area contributed by atoms with E-state index < -0.39 is 0 Å². The number of benzene rings is 1. The molecule has 19 heavy (non-hydrogen) atoms. The van der Waals surface area contributed by atoms with Gasteiger partial charge in [0.15, 0.2) is 11.5 Å². The molecule has 0 amide bonds. The summed E-state index contributed by atoms with van der Waals surface area (Å²) in [4.78, 5) is 2.48. The molecule has 4 heteroatoms. The van der Waals surface area contributed by atoms with Crippen molar-refractivity contribution < 1.29 is 10.2 Å². The van der Waals surface area contributed by atoms with Crippen LogP contribution in [0.1, 0.15) is 25.3 Å². The molecule has 4 nitrogen and oxygen atoms in total. The van der Waals surface area contributed by atoms with Crippen LogP contribution < -0.4 is 5.32 Å². The third-order valence-corrected chi connectivity index (χ3v) is 4.00. The van der Waals surface area contributed by atoms with Crippen LogP contribution >= 0.6 is 0 Å². The minimum absolute atomic E-state index is 0.00389. The van der Waals surface area contributed by atoms with E-state index in [2.05, 4.69) is 17.1 Å². The van der Waals surface area contributed by atoms with Gasteiger partial charge in [-0.2, -0.15) is 0 Å². The first-order valence-electron chi connectivity index (χ1n) is 7.13. The van der Waals surface area contributed by atoms with Crippen LogP contribution in [-0.2, 0) is 6.54 Å². The molecule has 1 aliphatic rings. The second-order valence-electron chi connectivity index (χ2n) is 5.29. The van der Waals surface area contributed by atoms with Gasteiger partial charge in [-0.3, -0.25) is 0 Å². The largest absolute Gasteiger partial charge is 0.504 e. The Hall–Kier alpha value is -1.26. The van der Waals surface area contributed by atoms with E-state index in [4.69, 9.17) is 0 Å². The van der Waals surface area contributed by atoms with Crippen LogP contribution in [0.25, 0.3) is 0 Å². The Morgan fingerprint density at radius 3 is 2.68 bits per heavy atom. The quantitative estimate of drug-likeness (QED) is 0.711. The molecule has 2 rings (SSSR count). The standard InChI is InChI=1S/C15H24N2O2/c1-2-17-8-6-12(7-9-17)10-16-11-13-4-3-5-14(18)15(13)19/h3-5,12,16,18-19H,2,6-11H2,1H3. The van der Waals surface area contributed by atoms with E-state index in [0.717, 1.165) is 24.6 Å². The van der Waals surface area contributed by atoms with Crippen molar-refractivity contribution in [1.29, 1.82) is 0 Å². The summed E-state index contributed by atoms with van der Waals surface area (Å²) in [5.74, 6) is 0.675. The third-order valence-electron chi connectivity index (χ3n) is 4.00. The zero-order chi connectivity index (χ0) is 13.7. The first-order chi connectivity index (χ1) is 9.20. The first kappa shape index (κ1) is 14.2. The lowest BCUT2D eigenvalue weighted by Gasteiger charge is -2.31. The summed E-state index contributed by atoms with van der Waals surface area (Å²) in [6.45, 7) is 7.34. The highest BCUT2D eigenvalue weighted by Gasteiger charge is 2.17. The zero-order valence-electron chi connectivity index (χ0n) is 11.6. The van der Waals surface area contributed by atoms with Crippen LogP contribution in [-0.4, -0.2) is 41.3 Å². The molecule has 1 aromatic rings. The summed E-state index contributed by atoms with van der Waals surface area (Å²) >= 11 is 0. The summed E-state index contributed by atoms with van der Waals surface area (Å²) < 4.78 is 0. The molecule has 0 aliphatic carbocycles. The van der Waals surface area contributed by atoms with Gasteiger partial charge in [0.05, 0.1) is 0 Å². The van der Waals surface area contributed by atoms with E-state index in [1.54, 1.807) is 6.07 Å². The maximum Gasteiger partial charge on any atom is 0.161 e. The summed E-state index contributed by atoms with van der Waals surface area (Å²) in [5.41, 5.74) is 0.756. The second kappa shape index (κ2) is 6.78. The summed E-state index contributed by atoms with van der Waals surface area (Å²) in [7, 11) is 0. The zero-order valence-corrected chi connectivity index (χ0v) is 11.6. The molecule has 0 atom stereocenters. The van der Waals surface area contributed by atoms with Crippen LogP contribution in [0.4, 0.5) is 0 Å². The summed E-state index contributed by atoms with van der Waals surface area (Å²) in [5, 5.41) is 22.5. The number of aromatic hydroxyl groups is 2. The van der Waals surface area contributed by atoms with Crippen molar-refractivity contribution in [3.63, 3.8) is 0 Å². The molecule has 1 fully saturated rings. The SMILES string of the molecule is CCN1CCC(CNCc2cccc(O)c2O)CC1. The molecule has 0 aromatic heterocycles. The number of nitrogens with one attached hydrogen (secondary N) is 1. The number of rotatable bonds is 5. The summed E-state index contributed by atoms with van der Waals surface area (Å²) in [6.07, 6.45) is 2.49. The molecule has 1 heterocycles. The Kier molecular flexibility index (Phi) is 5.05. The maximum atomic E-state index is 9.70. The Bertz CT molecular complexity index is 401. The molecule has 0 saturated carbocycles. The van der Waals surface area contributed by atoms with E-state index in [-0.39, 0.29) is 11.5 Å². The van der Waals surface area contributed by atoms with E-state index >= 15 is 0 Å². The number of para-hydroxylation sites is 1. The molecule has 1 saturated heterocycles. The van der Waals surface area contributed by atoms with Crippen molar-refractivity contribution >= 4 is 0 Å². The van der Waals surface area contributed by atoms with E-state index in [9.17, 15) is 10.2 Å². The lowest BCUT2D eigenvalue weighted by atomic mass is 9.97. The lowest BCUT2D eigenvalue weighted by molar-refractivity contribution is 0.190. The van der Waals surface area contributed by atoms with Crippen LogP contribution in [0.15, 0.2) is 18.2 Å². The molecular formula is C15H24N2O2. The molecule has 3 N–H and O–H groups in total. The number of likely N-dealkylation sites (tertiary alicyclic amines) is 1. The average molecular weight is 264 g/mol.